The molecule has 3 aliphatic rings. The summed E-state index contributed by atoms with van der Waals surface area (Å²) in [5, 5.41) is 11.2. The van der Waals surface area contributed by atoms with Gasteiger partial charge in [-0.05, 0) is 12.0 Å². The van der Waals surface area contributed by atoms with Gasteiger partial charge in [0.2, 0.25) is 0 Å². The van der Waals surface area contributed by atoms with Crippen molar-refractivity contribution >= 4 is 28.4 Å². The number of hydrogen-bond donors (Lipinski definition) is 2. The number of halogens is 1. The summed E-state index contributed by atoms with van der Waals surface area (Å²) in [5.74, 6) is 0.501. The van der Waals surface area contributed by atoms with Crippen LogP contribution in [0, 0.1) is 5.92 Å². The van der Waals surface area contributed by atoms with Gasteiger partial charge in [-0.3, -0.25) is 9.89 Å². The molecule has 1 atom stereocenters. The number of benzene rings is 1. The van der Waals surface area contributed by atoms with Crippen LogP contribution < -0.4 is 5.32 Å². The SMILES string of the molecule is O=C(NC1C[N+]2(CCl)CCC1CC2)c1n[nH]c2ccccc12. The number of nitrogens with one attached hydrogen (secondary N) is 2. The van der Waals surface area contributed by atoms with Crippen molar-refractivity contribution in [3.8, 4) is 0 Å². The fourth-order valence-electron chi connectivity index (χ4n) is 3.99. The highest BCUT2D eigenvalue weighted by Crippen LogP contribution is 2.34. The Labute approximate surface area is 134 Å². The summed E-state index contributed by atoms with van der Waals surface area (Å²) in [4.78, 5) is 12.6. The number of nitrogens with zero attached hydrogens (tertiary/aromatic N) is 2. The Hall–Kier alpha value is -1.59. The van der Waals surface area contributed by atoms with E-state index in [1.165, 1.54) is 0 Å². The fourth-order valence-corrected chi connectivity index (χ4v) is 4.33. The Kier molecular flexibility index (Phi) is 3.35. The minimum atomic E-state index is -0.0797. The summed E-state index contributed by atoms with van der Waals surface area (Å²) in [7, 11) is 0. The van der Waals surface area contributed by atoms with Crippen LogP contribution in [0.4, 0.5) is 0 Å². The molecule has 2 bridgehead atoms. The van der Waals surface area contributed by atoms with Gasteiger partial charge >= 0.3 is 0 Å². The second kappa shape index (κ2) is 5.25. The van der Waals surface area contributed by atoms with E-state index in [1.54, 1.807) is 0 Å². The van der Waals surface area contributed by atoms with E-state index < -0.39 is 0 Å². The number of H-pyrrole nitrogens is 1. The van der Waals surface area contributed by atoms with Gasteiger partial charge in [0.15, 0.2) is 11.7 Å². The Bertz CT molecular complexity index is 705. The molecule has 5 rings (SSSR count). The third-order valence-corrected chi connectivity index (χ3v) is 5.86. The first kappa shape index (κ1) is 14.0. The molecular formula is C16H20ClN4O+. The average Bonchev–Trinajstić information content (AvgIpc) is 3.00. The minimum absolute atomic E-state index is 0.0797. The van der Waals surface area contributed by atoms with Gasteiger partial charge in [0.1, 0.15) is 6.54 Å². The third kappa shape index (κ3) is 2.20. The van der Waals surface area contributed by atoms with Gasteiger partial charge in [-0.25, -0.2) is 0 Å². The lowest BCUT2D eigenvalue weighted by atomic mass is 9.82. The number of carbonyl (C=O) groups is 1. The van der Waals surface area contributed by atoms with E-state index in [4.69, 9.17) is 11.6 Å². The van der Waals surface area contributed by atoms with Gasteiger partial charge in [-0.2, -0.15) is 5.10 Å². The lowest BCUT2D eigenvalue weighted by Gasteiger charge is -2.51. The molecule has 1 aromatic carbocycles. The fraction of sp³-hybridized carbons (Fsp3) is 0.500. The van der Waals surface area contributed by atoms with Gasteiger partial charge < -0.3 is 9.80 Å². The molecule has 0 spiro atoms. The van der Waals surface area contributed by atoms with E-state index in [0.717, 1.165) is 47.9 Å². The molecular weight excluding hydrogens is 300 g/mol. The van der Waals surface area contributed by atoms with Gasteiger partial charge in [-0.1, -0.05) is 29.8 Å². The number of para-hydroxylation sites is 1. The van der Waals surface area contributed by atoms with E-state index in [9.17, 15) is 4.79 Å². The lowest BCUT2D eigenvalue weighted by molar-refractivity contribution is -0.933. The van der Waals surface area contributed by atoms with E-state index in [2.05, 4.69) is 15.5 Å². The molecule has 3 fully saturated rings. The molecule has 3 aliphatic heterocycles. The van der Waals surface area contributed by atoms with Crippen LogP contribution in [0.25, 0.3) is 10.9 Å². The quantitative estimate of drug-likeness (QED) is 0.517. The van der Waals surface area contributed by atoms with Gasteiger partial charge in [0.25, 0.3) is 5.91 Å². The second-order valence-electron chi connectivity index (χ2n) is 6.63. The van der Waals surface area contributed by atoms with E-state index in [-0.39, 0.29) is 11.9 Å². The summed E-state index contributed by atoms with van der Waals surface area (Å²) in [6.45, 7) is 3.24. The first-order valence-electron chi connectivity index (χ1n) is 7.86. The van der Waals surface area contributed by atoms with Crippen molar-refractivity contribution < 1.29 is 9.28 Å². The number of aromatic amines is 1. The molecule has 6 heteroatoms. The molecule has 0 saturated carbocycles. The van der Waals surface area contributed by atoms with E-state index in [1.807, 2.05) is 24.3 Å². The molecule has 22 heavy (non-hydrogen) atoms. The number of carbonyl (C=O) groups excluding carboxylic acids is 1. The molecule has 116 valence electrons. The minimum Gasteiger partial charge on any atom is -0.342 e. The standard InChI is InChI=1S/C16H19ClN4O/c17-10-21-7-5-11(6-8-21)14(9-21)18-16(22)15-12-3-1-2-4-13(12)19-20-15/h1-4,11,14H,5-10H2,(H-,18,19,20,22)/p+1. The molecule has 1 aromatic heterocycles. The van der Waals surface area contributed by atoms with E-state index in [0.29, 0.717) is 17.6 Å². The van der Waals surface area contributed by atoms with Crippen LogP contribution in [-0.4, -0.2) is 52.3 Å². The van der Waals surface area contributed by atoms with Crippen LogP contribution in [-0.2, 0) is 0 Å². The maximum atomic E-state index is 12.6. The van der Waals surface area contributed by atoms with Crippen molar-refractivity contribution in [1.82, 2.24) is 15.5 Å². The molecule has 3 saturated heterocycles. The zero-order valence-corrected chi connectivity index (χ0v) is 13.1. The highest BCUT2D eigenvalue weighted by molar-refractivity contribution is 6.17. The predicted octanol–water partition coefficient (Wildman–Crippen LogP) is 2.10. The summed E-state index contributed by atoms with van der Waals surface area (Å²) in [5.41, 5.74) is 1.38. The van der Waals surface area contributed by atoms with Crippen LogP contribution in [0.1, 0.15) is 23.3 Å². The molecule has 1 unspecified atom stereocenters. The van der Waals surface area contributed by atoms with E-state index >= 15 is 0 Å². The van der Waals surface area contributed by atoms with Crippen molar-refractivity contribution in [2.45, 2.75) is 18.9 Å². The number of alkyl halides is 1. The van der Waals surface area contributed by atoms with Crippen LogP contribution >= 0.6 is 11.6 Å². The topological polar surface area (TPSA) is 57.8 Å². The number of rotatable bonds is 3. The average molecular weight is 320 g/mol. The molecule has 2 aromatic rings. The van der Waals surface area contributed by atoms with Gasteiger partial charge in [0.05, 0.1) is 24.6 Å². The lowest BCUT2D eigenvalue weighted by Crippen LogP contribution is -2.66. The maximum Gasteiger partial charge on any atom is 0.272 e. The monoisotopic (exact) mass is 319 g/mol. The number of amides is 1. The zero-order valence-electron chi connectivity index (χ0n) is 12.4. The summed E-state index contributed by atoms with van der Waals surface area (Å²) in [6.07, 6.45) is 2.30. The van der Waals surface area contributed by atoms with Crippen LogP contribution in [0.5, 0.6) is 0 Å². The smallest absolute Gasteiger partial charge is 0.272 e. The summed E-state index contributed by atoms with van der Waals surface area (Å²) < 4.78 is 0.935. The van der Waals surface area contributed by atoms with Crippen molar-refractivity contribution in [2.75, 3.05) is 25.6 Å². The second-order valence-corrected chi connectivity index (χ2v) is 6.87. The first-order chi connectivity index (χ1) is 10.7. The zero-order chi connectivity index (χ0) is 15.2. The number of hydrogen-bond acceptors (Lipinski definition) is 2. The van der Waals surface area contributed by atoms with Gasteiger partial charge in [0, 0.05) is 18.2 Å². The van der Waals surface area contributed by atoms with Crippen LogP contribution in [0.2, 0.25) is 0 Å². The number of quaternary nitrogens is 1. The maximum absolute atomic E-state index is 12.6. The van der Waals surface area contributed by atoms with Crippen molar-refractivity contribution in [1.29, 1.82) is 0 Å². The van der Waals surface area contributed by atoms with Crippen LogP contribution in [0.3, 0.4) is 0 Å². The first-order valence-corrected chi connectivity index (χ1v) is 8.39. The summed E-state index contributed by atoms with van der Waals surface area (Å²) in [6, 6.07) is 8.58. The Morgan fingerprint density at radius 1 is 1.36 bits per heavy atom. The molecule has 4 heterocycles. The molecule has 5 nitrogen and oxygen atoms in total. The van der Waals surface area contributed by atoms with Crippen molar-refractivity contribution in [3.63, 3.8) is 0 Å². The Balaban J connectivity index is 1.55. The Morgan fingerprint density at radius 2 is 2.14 bits per heavy atom. The molecule has 1 amide bonds. The Morgan fingerprint density at radius 3 is 2.91 bits per heavy atom. The predicted molar refractivity (Wildman–Crippen MR) is 85.7 cm³/mol. The number of fused-ring (bicyclic) bond motifs is 4. The van der Waals surface area contributed by atoms with Crippen molar-refractivity contribution in [3.05, 3.63) is 30.0 Å². The molecule has 2 N–H and O–H groups in total. The molecule has 0 radical (unpaired) electrons. The molecule has 0 aliphatic carbocycles. The van der Waals surface area contributed by atoms with Crippen LogP contribution in [0.15, 0.2) is 24.3 Å². The third-order valence-electron chi connectivity index (χ3n) is 5.36. The van der Waals surface area contributed by atoms with Crippen molar-refractivity contribution in [2.24, 2.45) is 5.92 Å². The highest BCUT2D eigenvalue weighted by atomic mass is 35.5. The number of aromatic nitrogens is 2. The highest BCUT2D eigenvalue weighted by Gasteiger charge is 2.46. The largest absolute Gasteiger partial charge is 0.342 e. The number of piperidine rings is 3. The summed E-state index contributed by atoms with van der Waals surface area (Å²) >= 11 is 6.18. The van der Waals surface area contributed by atoms with Gasteiger partial charge in [-0.15, -0.1) is 0 Å². The normalized spacial score (nSPS) is 30.6.